The van der Waals surface area contributed by atoms with E-state index in [4.69, 9.17) is 9.40 Å². The summed E-state index contributed by atoms with van der Waals surface area (Å²) in [4.78, 5) is 13.4. The second kappa shape index (κ2) is 5.53. The number of rotatable bonds is 3. The van der Waals surface area contributed by atoms with Crippen LogP contribution in [0.25, 0.3) is 33.6 Å². The molecule has 0 aliphatic heterocycles. The zero-order valence-corrected chi connectivity index (χ0v) is 12.5. The molecule has 1 N–H and O–H groups in total. The summed E-state index contributed by atoms with van der Waals surface area (Å²) in [6, 6.07) is 13.7. The topological polar surface area (TPSA) is 63.8 Å². The molecule has 0 atom stereocenters. The summed E-state index contributed by atoms with van der Waals surface area (Å²) >= 11 is 0. The third-order valence-electron chi connectivity index (χ3n) is 3.66. The van der Waals surface area contributed by atoms with Gasteiger partial charge in [0.15, 0.2) is 5.82 Å². The molecule has 0 aliphatic rings. The van der Waals surface area contributed by atoms with Gasteiger partial charge in [-0.15, -0.1) is 0 Å². The Morgan fingerprint density at radius 3 is 2.70 bits per heavy atom. The van der Waals surface area contributed by atoms with Crippen LogP contribution in [0.15, 0.2) is 65.5 Å². The van der Waals surface area contributed by atoms with Gasteiger partial charge in [0.1, 0.15) is 11.6 Å². The molecule has 0 saturated carbocycles. The van der Waals surface area contributed by atoms with Crippen LogP contribution in [0.4, 0.5) is 5.82 Å². The second-order valence-corrected chi connectivity index (χ2v) is 5.10. The van der Waals surface area contributed by atoms with Crippen LogP contribution in [-0.4, -0.2) is 22.0 Å². The largest absolute Gasteiger partial charge is 0.464 e. The molecule has 1 aromatic carbocycles. The normalized spacial score (nSPS) is 10.8. The Balaban J connectivity index is 1.93. The number of benzene rings is 1. The highest BCUT2D eigenvalue weighted by atomic mass is 16.3. The van der Waals surface area contributed by atoms with Crippen LogP contribution < -0.4 is 5.32 Å². The van der Waals surface area contributed by atoms with Gasteiger partial charge in [0.05, 0.1) is 11.8 Å². The molecule has 0 aliphatic carbocycles. The van der Waals surface area contributed by atoms with Crippen molar-refractivity contribution in [2.45, 2.75) is 0 Å². The fourth-order valence-corrected chi connectivity index (χ4v) is 2.54. The van der Waals surface area contributed by atoms with Crippen molar-refractivity contribution < 1.29 is 4.42 Å². The Morgan fingerprint density at radius 2 is 1.96 bits per heavy atom. The number of nitrogens with one attached hydrogen (secondary N) is 1. The molecule has 3 aromatic heterocycles. The lowest BCUT2D eigenvalue weighted by molar-refractivity contribution is 0.582. The van der Waals surface area contributed by atoms with E-state index >= 15 is 0 Å². The van der Waals surface area contributed by atoms with E-state index < -0.39 is 0 Å². The summed E-state index contributed by atoms with van der Waals surface area (Å²) in [5, 5.41) is 4.11. The molecule has 0 unspecified atom stereocenters. The summed E-state index contributed by atoms with van der Waals surface area (Å²) in [7, 11) is 1.86. The van der Waals surface area contributed by atoms with Gasteiger partial charge in [-0.05, 0) is 36.4 Å². The minimum atomic E-state index is 0.645. The van der Waals surface area contributed by atoms with Crippen LogP contribution in [0.5, 0.6) is 0 Å². The van der Waals surface area contributed by atoms with Crippen molar-refractivity contribution in [3.05, 3.63) is 61.1 Å². The smallest absolute Gasteiger partial charge is 0.163 e. The molecule has 0 radical (unpaired) electrons. The average Bonchev–Trinajstić information content (AvgIpc) is 3.15. The first-order valence-electron chi connectivity index (χ1n) is 7.29. The monoisotopic (exact) mass is 302 g/mol. The van der Waals surface area contributed by atoms with Gasteiger partial charge < -0.3 is 9.73 Å². The summed E-state index contributed by atoms with van der Waals surface area (Å²) in [6.07, 6.45) is 5.16. The summed E-state index contributed by atoms with van der Waals surface area (Å²) in [5.41, 5.74) is 2.73. The maximum absolute atomic E-state index is 5.47. The molecule has 4 rings (SSSR count). The number of pyridine rings is 1. The van der Waals surface area contributed by atoms with Gasteiger partial charge in [-0.1, -0.05) is 6.07 Å². The van der Waals surface area contributed by atoms with Crippen molar-refractivity contribution in [2.24, 2.45) is 0 Å². The third kappa shape index (κ3) is 2.42. The van der Waals surface area contributed by atoms with E-state index in [0.29, 0.717) is 5.82 Å². The molecular formula is C18H14N4O. The predicted octanol–water partition coefficient (Wildman–Crippen LogP) is 3.99. The highest BCUT2D eigenvalue weighted by Crippen LogP contribution is 2.29. The second-order valence-electron chi connectivity index (χ2n) is 5.10. The van der Waals surface area contributed by atoms with Crippen LogP contribution in [0.1, 0.15) is 0 Å². The molecule has 0 fully saturated rings. The highest BCUT2D eigenvalue weighted by Gasteiger charge is 2.10. The molecule has 112 valence electrons. The van der Waals surface area contributed by atoms with Gasteiger partial charge in [-0.2, -0.15) is 0 Å². The highest BCUT2D eigenvalue weighted by molar-refractivity contribution is 5.93. The van der Waals surface area contributed by atoms with Gasteiger partial charge in [-0.3, -0.25) is 4.98 Å². The van der Waals surface area contributed by atoms with Crippen LogP contribution in [0.3, 0.4) is 0 Å². The van der Waals surface area contributed by atoms with E-state index in [1.54, 1.807) is 18.7 Å². The predicted molar refractivity (Wildman–Crippen MR) is 90.0 cm³/mol. The number of hydrogen-bond donors (Lipinski definition) is 1. The lowest BCUT2D eigenvalue weighted by Gasteiger charge is -2.09. The minimum absolute atomic E-state index is 0.645. The number of nitrogens with zero attached hydrogens (tertiary/aromatic N) is 3. The zero-order valence-electron chi connectivity index (χ0n) is 12.5. The molecule has 4 aromatic rings. The van der Waals surface area contributed by atoms with Gasteiger partial charge in [0.2, 0.25) is 0 Å². The first-order valence-corrected chi connectivity index (χ1v) is 7.29. The summed E-state index contributed by atoms with van der Waals surface area (Å²) in [5.74, 6) is 2.26. The maximum atomic E-state index is 5.47. The minimum Gasteiger partial charge on any atom is -0.464 e. The average molecular weight is 302 g/mol. The number of furan rings is 1. The Bertz CT molecular complexity index is 950. The van der Waals surface area contributed by atoms with Gasteiger partial charge in [-0.25, -0.2) is 9.97 Å². The van der Waals surface area contributed by atoms with Gasteiger partial charge in [0.25, 0.3) is 0 Å². The Kier molecular flexibility index (Phi) is 3.24. The van der Waals surface area contributed by atoms with E-state index in [9.17, 15) is 0 Å². The van der Waals surface area contributed by atoms with Crippen molar-refractivity contribution in [2.75, 3.05) is 12.4 Å². The molecule has 0 bridgehead atoms. The standard InChI is InChI=1S/C18H14N4O/c1-19-18-14-7-6-12(16-5-3-9-23-16)10-15(14)21-17(22-18)13-4-2-8-20-11-13/h2-11H,1H3,(H,19,21,22). The lowest BCUT2D eigenvalue weighted by Crippen LogP contribution is -1.99. The van der Waals surface area contributed by atoms with E-state index in [1.807, 2.05) is 49.5 Å². The van der Waals surface area contributed by atoms with Crippen molar-refractivity contribution in [1.29, 1.82) is 0 Å². The number of aromatic nitrogens is 3. The summed E-state index contributed by atoms with van der Waals surface area (Å²) < 4.78 is 5.47. The van der Waals surface area contributed by atoms with Gasteiger partial charge in [0, 0.05) is 36.0 Å². The van der Waals surface area contributed by atoms with E-state index in [0.717, 1.165) is 33.6 Å². The molecule has 0 saturated heterocycles. The quantitative estimate of drug-likeness (QED) is 0.620. The van der Waals surface area contributed by atoms with E-state index in [2.05, 4.69) is 15.3 Å². The van der Waals surface area contributed by atoms with Gasteiger partial charge >= 0.3 is 0 Å². The molecule has 0 spiro atoms. The number of anilines is 1. The number of fused-ring (bicyclic) bond motifs is 1. The zero-order chi connectivity index (χ0) is 15.6. The fourth-order valence-electron chi connectivity index (χ4n) is 2.54. The first-order chi connectivity index (χ1) is 11.3. The fraction of sp³-hybridized carbons (Fsp3) is 0.0556. The van der Waals surface area contributed by atoms with E-state index in [-0.39, 0.29) is 0 Å². The van der Waals surface area contributed by atoms with Crippen LogP contribution in [-0.2, 0) is 0 Å². The molecule has 5 nitrogen and oxygen atoms in total. The van der Waals surface area contributed by atoms with Crippen molar-refractivity contribution in [3.8, 4) is 22.7 Å². The molecule has 23 heavy (non-hydrogen) atoms. The number of hydrogen-bond acceptors (Lipinski definition) is 5. The molecule has 0 amide bonds. The third-order valence-corrected chi connectivity index (χ3v) is 3.66. The lowest BCUT2D eigenvalue weighted by atomic mass is 10.1. The van der Waals surface area contributed by atoms with Crippen LogP contribution in [0, 0.1) is 0 Å². The molecule has 5 heteroatoms. The van der Waals surface area contributed by atoms with Crippen LogP contribution >= 0.6 is 0 Å². The van der Waals surface area contributed by atoms with Crippen LogP contribution in [0.2, 0.25) is 0 Å². The van der Waals surface area contributed by atoms with E-state index in [1.165, 1.54) is 0 Å². The van der Waals surface area contributed by atoms with Crippen molar-refractivity contribution in [1.82, 2.24) is 15.0 Å². The Hall–Kier alpha value is -3.21. The SMILES string of the molecule is CNc1nc(-c2cccnc2)nc2cc(-c3ccco3)ccc12. The summed E-state index contributed by atoms with van der Waals surface area (Å²) in [6.45, 7) is 0. The Labute approximate surface area is 133 Å². The maximum Gasteiger partial charge on any atom is 0.163 e. The molecule has 3 heterocycles. The first kappa shape index (κ1) is 13.5. The Morgan fingerprint density at radius 1 is 1.00 bits per heavy atom. The molecular weight excluding hydrogens is 288 g/mol. The van der Waals surface area contributed by atoms with Crippen molar-refractivity contribution in [3.63, 3.8) is 0 Å². The van der Waals surface area contributed by atoms with Crippen molar-refractivity contribution >= 4 is 16.7 Å².